The number of carbonyl (C=O) groups excluding carboxylic acids is 1. The Morgan fingerprint density at radius 1 is 1.07 bits per heavy atom. The molecule has 0 aromatic heterocycles. The monoisotopic (exact) mass is 417 g/mol. The van der Waals surface area contributed by atoms with Crippen LogP contribution in [0.4, 0.5) is 0 Å². The van der Waals surface area contributed by atoms with E-state index in [0.717, 1.165) is 25.7 Å². The highest BCUT2D eigenvalue weighted by Gasteiger charge is 2.59. The Morgan fingerprint density at radius 2 is 1.70 bits per heavy atom. The Balaban J connectivity index is 1.72. The highest BCUT2D eigenvalue weighted by Crippen LogP contribution is 2.49. The van der Waals surface area contributed by atoms with E-state index in [2.05, 4.69) is 46.9 Å². The molecule has 2 heterocycles. The molecule has 3 atom stereocenters. The molecule has 1 spiro atoms. The average molecular weight is 418 g/mol. The lowest BCUT2D eigenvalue weighted by molar-refractivity contribution is -0.355. The van der Waals surface area contributed by atoms with E-state index in [1.807, 2.05) is 18.2 Å². The van der Waals surface area contributed by atoms with Crippen LogP contribution >= 0.6 is 0 Å². The van der Waals surface area contributed by atoms with Crippen LogP contribution in [0.15, 0.2) is 30.3 Å². The fourth-order valence-corrected chi connectivity index (χ4v) is 4.88. The minimum atomic E-state index is -0.608. The third kappa shape index (κ3) is 4.30. The van der Waals surface area contributed by atoms with E-state index in [1.165, 1.54) is 0 Å². The minimum absolute atomic E-state index is 0.0384. The van der Waals surface area contributed by atoms with Gasteiger partial charge < -0.3 is 19.5 Å². The van der Waals surface area contributed by atoms with Gasteiger partial charge in [0.1, 0.15) is 6.61 Å². The first-order valence-corrected chi connectivity index (χ1v) is 11.4. The van der Waals surface area contributed by atoms with Crippen molar-refractivity contribution in [3.63, 3.8) is 0 Å². The molecule has 168 valence electrons. The van der Waals surface area contributed by atoms with E-state index in [-0.39, 0.29) is 28.4 Å². The van der Waals surface area contributed by atoms with Crippen LogP contribution in [-0.4, -0.2) is 42.7 Å². The summed E-state index contributed by atoms with van der Waals surface area (Å²) >= 11 is 0. The predicted octanol–water partition coefficient (Wildman–Crippen LogP) is 4.95. The Labute approximate surface area is 181 Å². The number of hydrogen-bond acceptors (Lipinski definition) is 5. The summed E-state index contributed by atoms with van der Waals surface area (Å²) in [7, 11) is 0. The van der Waals surface area contributed by atoms with Gasteiger partial charge in [-0.25, -0.2) is 4.79 Å². The van der Waals surface area contributed by atoms with Crippen molar-refractivity contribution in [2.45, 2.75) is 84.1 Å². The van der Waals surface area contributed by atoms with Crippen LogP contribution in [0.25, 0.3) is 0 Å². The summed E-state index contributed by atoms with van der Waals surface area (Å²) < 4.78 is 18.9. The van der Waals surface area contributed by atoms with Gasteiger partial charge in [-0.3, -0.25) is 0 Å². The number of esters is 1. The van der Waals surface area contributed by atoms with Crippen LogP contribution in [0.5, 0.6) is 0 Å². The van der Waals surface area contributed by atoms with Crippen molar-refractivity contribution < 1.29 is 19.0 Å². The van der Waals surface area contributed by atoms with Crippen molar-refractivity contribution in [1.29, 1.82) is 0 Å². The number of carbonyl (C=O) groups is 1. The molecular formula is C25H39NO4. The van der Waals surface area contributed by atoms with Crippen molar-refractivity contribution in [2.24, 2.45) is 11.3 Å². The summed E-state index contributed by atoms with van der Waals surface area (Å²) in [4.78, 5) is 12.4. The number of nitrogens with one attached hydrogen (secondary N) is 1. The lowest BCUT2D eigenvalue weighted by atomic mass is 9.67. The van der Waals surface area contributed by atoms with Crippen molar-refractivity contribution in [3.8, 4) is 0 Å². The summed E-state index contributed by atoms with van der Waals surface area (Å²) in [6.45, 7) is 14.7. The molecular weight excluding hydrogens is 378 g/mol. The first kappa shape index (κ1) is 23.2. The second kappa shape index (κ2) is 8.60. The normalized spacial score (nSPS) is 39.1. The fourth-order valence-electron chi connectivity index (χ4n) is 4.88. The summed E-state index contributed by atoms with van der Waals surface area (Å²) in [5.41, 5.74) is 0.159. The molecule has 0 radical (unpaired) electrons. The molecule has 5 heteroatoms. The fraction of sp³-hybridized carbons (Fsp3) is 0.720. The molecule has 0 aliphatic carbocycles. The van der Waals surface area contributed by atoms with E-state index in [9.17, 15) is 4.79 Å². The highest BCUT2D eigenvalue weighted by molar-refractivity contribution is 5.89. The van der Waals surface area contributed by atoms with Gasteiger partial charge in [0, 0.05) is 23.4 Å². The molecule has 2 saturated heterocycles. The third-order valence-corrected chi connectivity index (χ3v) is 7.87. The largest absolute Gasteiger partial charge is 0.461 e. The molecule has 2 aliphatic rings. The maximum atomic E-state index is 12.4. The zero-order valence-corrected chi connectivity index (χ0v) is 19.5. The molecule has 30 heavy (non-hydrogen) atoms. The molecule has 0 saturated carbocycles. The van der Waals surface area contributed by atoms with Crippen LogP contribution < -0.4 is 5.32 Å². The predicted molar refractivity (Wildman–Crippen MR) is 118 cm³/mol. The molecule has 2 fully saturated rings. The molecule has 3 rings (SSSR count). The van der Waals surface area contributed by atoms with Crippen LogP contribution in [0.1, 0.15) is 77.6 Å². The zero-order valence-electron chi connectivity index (χ0n) is 19.5. The summed E-state index contributed by atoms with van der Waals surface area (Å²) in [5, 5.41) is 3.89. The zero-order chi connectivity index (χ0) is 22.0. The maximum absolute atomic E-state index is 12.4. The van der Waals surface area contributed by atoms with Gasteiger partial charge in [-0.2, -0.15) is 0 Å². The number of piperidine rings is 1. The van der Waals surface area contributed by atoms with Crippen LogP contribution in [0, 0.1) is 11.3 Å². The average Bonchev–Trinajstić information content (AvgIpc) is 2.78. The minimum Gasteiger partial charge on any atom is -0.461 e. The van der Waals surface area contributed by atoms with Crippen molar-refractivity contribution in [1.82, 2.24) is 5.32 Å². The van der Waals surface area contributed by atoms with Gasteiger partial charge in [0.15, 0.2) is 5.79 Å². The Kier molecular flexibility index (Phi) is 6.66. The summed E-state index contributed by atoms with van der Waals surface area (Å²) in [6, 6.07) is 9.13. The first-order valence-electron chi connectivity index (χ1n) is 11.4. The molecule has 3 unspecified atom stereocenters. The second-order valence-corrected chi connectivity index (χ2v) is 9.89. The van der Waals surface area contributed by atoms with Gasteiger partial charge in [-0.1, -0.05) is 45.9 Å². The van der Waals surface area contributed by atoms with E-state index >= 15 is 0 Å². The van der Waals surface area contributed by atoms with E-state index in [0.29, 0.717) is 25.4 Å². The van der Waals surface area contributed by atoms with Gasteiger partial charge in [-0.05, 0) is 45.2 Å². The summed E-state index contributed by atoms with van der Waals surface area (Å²) in [6.07, 6.45) is 3.66. The molecule has 5 nitrogen and oxygen atoms in total. The van der Waals surface area contributed by atoms with E-state index in [1.54, 1.807) is 12.1 Å². The van der Waals surface area contributed by atoms with Gasteiger partial charge in [0.05, 0.1) is 24.2 Å². The van der Waals surface area contributed by atoms with Crippen molar-refractivity contribution in [2.75, 3.05) is 19.8 Å². The molecule has 2 aliphatic heterocycles. The lowest BCUT2D eigenvalue weighted by Crippen LogP contribution is -2.73. The topological polar surface area (TPSA) is 56.8 Å². The lowest BCUT2D eigenvalue weighted by Gasteiger charge is -2.60. The summed E-state index contributed by atoms with van der Waals surface area (Å²) in [5.74, 6) is -0.699. The number of benzene rings is 1. The molecule has 0 bridgehead atoms. The van der Waals surface area contributed by atoms with Crippen molar-refractivity contribution >= 4 is 5.97 Å². The molecule has 0 amide bonds. The Bertz CT molecular complexity index is 728. The third-order valence-electron chi connectivity index (χ3n) is 7.87. The van der Waals surface area contributed by atoms with Crippen LogP contribution in [-0.2, 0) is 14.2 Å². The molecule has 1 aromatic rings. The van der Waals surface area contributed by atoms with Crippen LogP contribution in [0.2, 0.25) is 0 Å². The van der Waals surface area contributed by atoms with Crippen LogP contribution in [0.3, 0.4) is 0 Å². The van der Waals surface area contributed by atoms with Gasteiger partial charge in [0.2, 0.25) is 0 Å². The van der Waals surface area contributed by atoms with Gasteiger partial charge >= 0.3 is 5.97 Å². The first-order chi connectivity index (χ1) is 14.2. The Morgan fingerprint density at radius 3 is 2.23 bits per heavy atom. The molecule has 1 N–H and O–H groups in total. The van der Waals surface area contributed by atoms with Gasteiger partial charge in [-0.15, -0.1) is 0 Å². The maximum Gasteiger partial charge on any atom is 0.338 e. The number of rotatable bonds is 6. The number of hydrogen-bond donors (Lipinski definition) is 1. The highest BCUT2D eigenvalue weighted by atomic mass is 16.7. The van der Waals surface area contributed by atoms with E-state index < -0.39 is 5.79 Å². The Hall–Kier alpha value is -1.43. The smallest absolute Gasteiger partial charge is 0.338 e. The van der Waals surface area contributed by atoms with Crippen molar-refractivity contribution in [3.05, 3.63) is 35.9 Å². The van der Waals surface area contributed by atoms with Gasteiger partial charge in [0.25, 0.3) is 0 Å². The quantitative estimate of drug-likeness (QED) is 0.664. The standard InChI is InChI=1S/C25H39NO4/c1-7-22(5)15-25(19(4)23(6,8-2)26-22)29-17-24(9-3,18-30-25)16-28-21(27)20-13-11-10-12-14-20/h10-14,19,26H,7-9,15-18H2,1-6H3. The second-order valence-electron chi connectivity index (χ2n) is 9.89. The SMILES string of the molecule is CCC1(COC(=O)c2ccccc2)COC2(CC(C)(CC)NC(C)(CC)C2C)OC1. The number of ether oxygens (including phenoxy) is 3. The molecule has 1 aromatic carbocycles. The van der Waals surface area contributed by atoms with E-state index in [4.69, 9.17) is 14.2 Å².